The van der Waals surface area contributed by atoms with Crippen molar-refractivity contribution in [1.82, 2.24) is 5.32 Å². The number of benzene rings is 1. The van der Waals surface area contributed by atoms with Crippen molar-refractivity contribution in [2.45, 2.75) is 31.7 Å². The van der Waals surface area contributed by atoms with Crippen LogP contribution in [0.15, 0.2) is 24.3 Å². The van der Waals surface area contributed by atoms with Crippen molar-refractivity contribution in [1.29, 1.82) is 0 Å². The number of aryl methyl sites for hydroxylation is 1. The molecule has 0 unspecified atom stereocenters. The summed E-state index contributed by atoms with van der Waals surface area (Å²) in [5.74, 6) is -0.0308. The predicted molar refractivity (Wildman–Crippen MR) is 64.3 cm³/mol. The molecule has 1 fully saturated rings. The molecule has 1 saturated carbocycles. The van der Waals surface area contributed by atoms with Gasteiger partial charge in [0.25, 0.3) is 5.91 Å². The SMILES string of the molecule is Cc1ccc(C(=O)NCC2(N)CCC2)cc1. The van der Waals surface area contributed by atoms with Gasteiger partial charge in [0, 0.05) is 17.6 Å². The number of amides is 1. The number of carbonyl (C=O) groups excluding carboxylic acids is 1. The van der Waals surface area contributed by atoms with E-state index in [4.69, 9.17) is 5.73 Å². The standard InChI is InChI=1S/C13H18N2O/c1-10-3-5-11(6-4-10)12(16)15-9-13(14)7-2-8-13/h3-6H,2,7-9,14H2,1H3,(H,15,16). The molecule has 0 atom stereocenters. The molecule has 0 bridgehead atoms. The molecule has 1 amide bonds. The third-order valence-corrected chi connectivity index (χ3v) is 3.26. The topological polar surface area (TPSA) is 55.1 Å². The molecule has 1 aliphatic rings. The van der Waals surface area contributed by atoms with Crippen molar-refractivity contribution >= 4 is 5.91 Å². The van der Waals surface area contributed by atoms with E-state index in [0.29, 0.717) is 12.1 Å². The number of hydrogen-bond acceptors (Lipinski definition) is 2. The van der Waals surface area contributed by atoms with Gasteiger partial charge < -0.3 is 11.1 Å². The quantitative estimate of drug-likeness (QED) is 0.809. The van der Waals surface area contributed by atoms with E-state index in [0.717, 1.165) is 18.4 Å². The first-order valence-electron chi connectivity index (χ1n) is 5.73. The molecule has 2 rings (SSSR count). The molecule has 86 valence electrons. The number of carbonyl (C=O) groups is 1. The molecule has 3 nitrogen and oxygen atoms in total. The molecule has 0 aliphatic heterocycles. The predicted octanol–water partition coefficient (Wildman–Crippen LogP) is 1.61. The summed E-state index contributed by atoms with van der Waals surface area (Å²) in [5.41, 5.74) is 7.75. The highest BCUT2D eigenvalue weighted by Gasteiger charge is 2.32. The Labute approximate surface area is 96.0 Å². The fourth-order valence-electron chi connectivity index (χ4n) is 1.87. The van der Waals surface area contributed by atoms with E-state index in [9.17, 15) is 4.79 Å². The van der Waals surface area contributed by atoms with Crippen molar-refractivity contribution in [3.8, 4) is 0 Å². The minimum Gasteiger partial charge on any atom is -0.350 e. The van der Waals surface area contributed by atoms with Gasteiger partial charge in [0.1, 0.15) is 0 Å². The summed E-state index contributed by atoms with van der Waals surface area (Å²) in [6.45, 7) is 2.59. The molecule has 1 aromatic rings. The van der Waals surface area contributed by atoms with Crippen LogP contribution < -0.4 is 11.1 Å². The number of rotatable bonds is 3. The molecule has 1 aliphatic carbocycles. The zero-order valence-corrected chi connectivity index (χ0v) is 9.62. The lowest BCUT2D eigenvalue weighted by atomic mass is 9.78. The summed E-state index contributed by atoms with van der Waals surface area (Å²) in [7, 11) is 0. The Morgan fingerprint density at radius 3 is 2.50 bits per heavy atom. The monoisotopic (exact) mass is 218 g/mol. The molecule has 0 heterocycles. The fraction of sp³-hybridized carbons (Fsp3) is 0.462. The van der Waals surface area contributed by atoms with Crippen LogP contribution in [-0.2, 0) is 0 Å². The van der Waals surface area contributed by atoms with E-state index in [2.05, 4.69) is 5.32 Å². The van der Waals surface area contributed by atoms with Crippen LogP contribution in [0.5, 0.6) is 0 Å². The minimum atomic E-state index is -0.152. The number of nitrogens with one attached hydrogen (secondary N) is 1. The van der Waals surface area contributed by atoms with Gasteiger partial charge in [0.15, 0.2) is 0 Å². The lowest BCUT2D eigenvalue weighted by Crippen LogP contribution is -2.54. The molecule has 0 radical (unpaired) electrons. The van der Waals surface area contributed by atoms with Crippen molar-refractivity contribution < 1.29 is 4.79 Å². The first-order chi connectivity index (χ1) is 7.59. The third kappa shape index (κ3) is 2.42. The van der Waals surface area contributed by atoms with Gasteiger partial charge in [0.2, 0.25) is 0 Å². The van der Waals surface area contributed by atoms with E-state index < -0.39 is 0 Å². The van der Waals surface area contributed by atoms with Crippen LogP contribution in [0.2, 0.25) is 0 Å². The van der Waals surface area contributed by atoms with Crippen molar-refractivity contribution in [3.05, 3.63) is 35.4 Å². The van der Waals surface area contributed by atoms with E-state index >= 15 is 0 Å². The average molecular weight is 218 g/mol. The summed E-state index contributed by atoms with van der Waals surface area (Å²) in [6, 6.07) is 7.57. The Bertz CT molecular complexity index is 379. The van der Waals surface area contributed by atoms with E-state index in [1.54, 1.807) is 0 Å². The minimum absolute atomic E-state index is 0.0308. The Kier molecular flexibility index (Phi) is 2.97. The smallest absolute Gasteiger partial charge is 0.251 e. The van der Waals surface area contributed by atoms with E-state index in [-0.39, 0.29) is 11.4 Å². The van der Waals surface area contributed by atoms with Gasteiger partial charge in [-0.1, -0.05) is 17.7 Å². The Balaban J connectivity index is 1.90. The first-order valence-corrected chi connectivity index (χ1v) is 5.73. The van der Waals surface area contributed by atoms with Crippen molar-refractivity contribution in [2.75, 3.05) is 6.54 Å². The zero-order valence-electron chi connectivity index (χ0n) is 9.62. The largest absolute Gasteiger partial charge is 0.350 e. The summed E-state index contributed by atoms with van der Waals surface area (Å²) < 4.78 is 0. The van der Waals surface area contributed by atoms with Gasteiger partial charge in [0.05, 0.1) is 0 Å². The van der Waals surface area contributed by atoms with Gasteiger partial charge in [-0.2, -0.15) is 0 Å². The summed E-state index contributed by atoms with van der Waals surface area (Å²) in [6.07, 6.45) is 3.21. The second-order valence-corrected chi connectivity index (χ2v) is 4.76. The third-order valence-electron chi connectivity index (χ3n) is 3.26. The second kappa shape index (κ2) is 4.26. The van der Waals surface area contributed by atoms with Crippen LogP contribution in [0.1, 0.15) is 35.2 Å². The van der Waals surface area contributed by atoms with Crippen LogP contribution in [0.25, 0.3) is 0 Å². The molecular formula is C13H18N2O. The number of hydrogen-bond donors (Lipinski definition) is 2. The Morgan fingerprint density at radius 1 is 1.38 bits per heavy atom. The Hall–Kier alpha value is -1.35. The summed E-state index contributed by atoms with van der Waals surface area (Å²) in [4.78, 5) is 11.8. The highest BCUT2D eigenvalue weighted by molar-refractivity contribution is 5.94. The summed E-state index contributed by atoms with van der Waals surface area (Å²) in [5, 5.41) is 2.90. The maximum atomic E-state index is 11.8. The number of nitrogens with two attached hydrogens (primary N) is 1. The first kappa shape index (κ1) is 11.1. The van der Waals surface area contributed by atoms with Gasteiger partial charge >= 0.3 is 0 Å². The van der Waals surface area contributed by atoms with Crippen LogP contribution in [0, 0.1) is 6.92 Å². The highest BCUT2D eigenvalue weighted by atomic mass is 16.1. The zero-order chi connectivity index (χ0) is 11.6. The molecule has 0 aromatic heterocycles. The molecule has 0 spiro atoms. The average Bonchev–Trinajstić information content (AvgIpc) is 2.24. The van der Waals surface area contributed by atoms with E-state index in [1.165, 1.54) is 6.42 Å². The molecule has 3 N–H and O–H groups in total. The molecule has 3 heteroatoms. The highest BCUT2D eigenvalue weighted by Crippen LogP contribution is 2.28. The molecule has 1 aromatic carbocycles. The summed E-state index contributed by atoms with van der Waals surface area (Å²) >= 11 is 0. The Morgan fingerprint density at radius 2 is 2.00 bits per heavy atom. The van der Waals surface area contributed by atoms with Gasteiger partial charge in [-0.3, -0.25) is 4.79 Å². The lowest BCUT2D eigenvalue weighted by molar-refractivity contribution is 0.0930. The maximum absolute atomic E-state index is 11.8. The van der Waals surface area contributed by atoms with Crippen molar-refractivity contribution in [2.24, 2.45) is 5.73 Å². The van der Waals surface area contributed by atoms with Gasteiger partial charge in [-0.05, 0) is 38.3 Å². The fourth-order valence-corrected chi connectivity index (χ4v) is 1.87. The van der Waals surface area contributed by atoms with Crippen LogP contribution >= 0.6 is 0 Å². The maximum Gasteiger partial charge on any atom is 0.251 e. The molecular weight excluding hydrogens is 200 g/mol. The van der Waals surface area contributed by atoms with Crippen LogP contribution in [0.4, 0.5) is 0 Å². The van der Waals surface area contributed by atoms with Crippen LogP contribution in [0.3, 0.4) is 0 Å². The van der Waals surface area contributed by atoms with Crippen LogP contribution in [-0.4, -0.2) is 18.0 Å². The molecule has 0 saturated heterocycles. The molecule has 16 heavy (non-hydrogen) atoms. The van der Waals surface area contributed by atoms with Gasteiger partial charge in [-0.15, -0.1) is 0 Å². The lowest BCUT2D eigenvalue weighted by Gasteiger charge is -2.38. The van der Waals surface area contributed by atoms with Gasteiger partial charge in [-0.25, -0.2) is 0 Å². The van der Waals surface area contributed by atoms with E-state index in [1.807, 2.05) is 31.2 Å². The van der Waals surface area contributed by atoms with Crippen molar-refractivity contribution in [3.63, 3.8) is 0 Å². The normalized spacial score (nSPS) is 17.6. The second-order valence-electron chi connectivity index (χ2n) is 4.76.